The van der Waals surface area contributed by atoms with Crippen molar-refractivity contribution in [2.45, 2.75) is 6.42 Å². The van der Waals surface area contributed by atoms with Crippen molar-refractivity contribution in [1.29, 1.82) is 0 Å². The van der Waals surface area contributed by atoms with E-state index in [9.17, 15) is 10.1 Å². The number of nitro groups is 1. The topological polar surface area (TPSA) is 74.5 Å². The van der Waals surface area contributed by atoms with Crippen LogP contribution in [-0.2, 0) is 6.42 Å². The molecule has 0 aliphatic carbocycles. The molecule has 82 valence electrons. The smallest absolute Gasteiger partial charge is 0.208 e. The van der Waals surface area contributed by atoms with Gasteiger partial charge >= 0.3 is 0 Å². The average Bonchev–Trinajstić information content (AvgIpc) is 2.25. The highest BCUT2D eigenvalue weighted by Crippen LogP contribution is 2.26. The molecule has 6 nitrogen and oxygen atoms in total. The van der Waals surface area contributed by atoms with Gasteiger partial charge in [0.1, 0.15) is 11.5 Å². The van der Waals surface area contributed by atoms with Gasteiger partial charge in [-0.2, -0.15) is 0 Å². The maximum Gasteiger partial charge on any atom is 0.208 e. The molecule has 0 N–H and O–H groups in total. The Bertz CT molecular complexity index is 332. The molecule has 0 fully saturated rings. The van der Waals surface area contributed by atoms with Crippen LogP contribution in [0.25, 0.3) is 0 Å². The van der Waals surface area contributed by atoms with Crippen molar-refractivity contribution in [3.05, 3.63) is 28.1 Å². The van der Waals surface area contributed by atoms with Crippen molar-refractivity contribution in [2.24, 2.45) is 0 Å². The van der Waals surface area contributed by atoms with E-state index in [1.54, 1.807) is 0 Å². The third kappa shape index (κ3) is 2.80. The third-order valence-corrected chi connectivity index (χ3v) is 1.96. The molecule has 15 heavy (non-hydrogen) atoms. The number of ether oxygens (including phenoxy) is 2. The van der Waals surface area contributed by atoms with Gasteiger partial charge in [0.2, 0.25) is 6.54 Å². The zero-order valence-corrected chi connectivity index (χ0v) is 8.60. The minimum absolute atomic E-state index is 0.156. The summed E-state index contributed by atoms with van der Waals surface area (Å²) in [5.41, 5.74) is 0.673. The molecule has 1 aromatic heterocycles. The van der Waals surface area contributed by atoms with E-state index in [0.29, 0.717) is 17.1 Å². The molecule has 0 bridgehead atoms. The molecule has 0 aliphatic rings. The molecule has 1 rings (SSSR count). The summed E-state index contributed by atoms with van der Waals surface area (Å²) in [5, 5.41) is 10.3. The number of pyridine rings is 1. The highest BCUT2D eigenvalue weighted by atomic mass is 16.6. The second-order valence-corrected chi connectivity index (χ2v) is 2.83. The van der Waals surface area contributed by atoms with Crippen LogP contribution in [0.15, 0.2) is 12.4 Å². The molecule has 1 heterocycles. The summed E-state index contributed by atoms with van der Waals surface area (Å²) in [7, 11) is 2.98. The van der Waals surface area contributed by atoms with E-state index in [1.807, 2.05) is 0 Å². The fourth-order valence-corrected chi connectivity index (χ4v) is 1.25. The van der Waals surface area contributed by atoms with Gasteiger partial charge in [-0.05, 0) is 0 Å². The summed E-state index contributed by atoms with van der Waals surface area (Å²) in [4.78, 5) is 13.8. The molecule has 1 aromatic rings. The summed E-state index contributed by atoms with van der Waals surface area (Å²) in [6.07, 6.45) is 3.29. The van der Waals surface area contributed by atoms with E-state index < -0.39 is 0 Å². The van der Waals surface area contributed by atoms with E-state index in [4.69, 9.17) is 9.47 Å². The Morgan fingerprint density at radius 1 is 1.33 bits per heavy atom. The number of aromatic nitrogens is 1. The highest BCUT2D eigenvalue weighted by Gasteiger charge is 2.12. The van der Waals surface area contributed by atoms with Crippen molar-refractivity contribution >= 4 is 0 Å². The standard InChI is InChI=1S/C9H12N2O4/c1-14-8-5-10-6-9(15-2)7(8)3-4-11(12)13/h5-6H,3-4H2,1-2H3. The summed E-state index contributed by atoms with van der Waals surface area (Å²) >= 11 is 0. The first kappa shape index (κ1) is 11.2. The van der Waals surface area contributed by atoms with Crippen molar-refractivity contribution in [1.82, 2.24) is 4.98 Å². The first-order chi connectivity index (χ1) is 7.19. The SMILES string of the molecule is COc1cncc(OC)c1CC[N+](=O)[O-]. The van der Waals surface area contributed by atoms with Crippen LogP contribution in [0.2, 0.25) is 0 Å². The molecule has 0 aliphatic heterocycles. The molecule has 0 radical (unpaired) electrons. The van der Waals surface area contributed by atoms with Gasteiger partial charge in [0, 0.05) is 16.9 Å². The van der Waals surface area contributed by atoms with Crippen LogP contribution in [0.4, 0.5) is 0 Å². The predicted molar refractivity (Wildman–Crippen MR) is 52.9 cm³/mol. The number of hydrogen-bond donors (Lipinski definition) is 0. The Labute approximate surface area is 87.0 Å². The second-order valence-electron chi connectivity index (χ2n) is 2.83. The van der Waals surface area contributed by atoms with Gasteiger partial charge in [0.25, 0.3) is 0 Å². The van der Waals surface area contributed by atoms with Crippen LogP contribution >= 0.6 is 0 Å². The quantitative estimate of drug-likeness (QED) is 0.536. The second kappa shape index (κ2) is 5.14. The van der Waals surface area contributed by atoms with Crippen LogP contribution < -0.4 is 9.47 Å². The van der Waals surface area contributed by atoms with E-state index in [-0.39, 0.29) is 17.9 Å². The minimum Gasteiger partial charge on any atom is -0.495 e. The Morgan fingerprint density at radius 2 is 1.87 bits per heavy atom. The Balaban J connectivity index is 2.94. The van der Waals surface area contributed by atoms with E-state index in [1.165, 1.54) is 26.6 Å². The normalized spacial score (nSPS) is 9.73. The monoisotopic (exact) mass is 212 g/mol. The molecular weight excluding hydrogens is 200 g/mol. The summed E-state index contributed by atoms with van der Waals surface area (Å²) in [6, 6.07) is 0. The molecule has 0 saturated carbocycles. The van der Waals surface area contributed by atoms with Gasteiger partial charge in [-0.3, -0.25) is 15.1 Å². The summed E-state index contributed by atoms with van der Waals surface area (Å²) < 4.78 is 10.1. The largest absolute Gasteiger partial charge is 0.495 e. The fourth-order valence-electron chi connectivity index (χ4n) is 1.25. The molecule has 0 atom stereocenters. The highest BCUT2D eigenvalue weighted by molar-refractivity contribution is 5.41. The zero-order chi connectivity index (χ0) is 11.3. The van der Waals surface area contributed by atoms with E-state index in [2.05, 4.69) is 4.98 Å². The molecule has 0 saturated heterocycles. The van der Waals surface area contributed by atoms with Crippen LogP contribution in [0.1, 0.15) is 5.56 Å². The van der Waals surface area contributed by atoms with Crippen LogP contribution in [0, 0.1) is 10.1 Å². The van der Waals surface area contributed by atoms with Crippen LogP contribution in [0.3, 0.4) is 0 Å². The van der Waals surface area contributed by atoms with Crippen LogP contribution in [0.5, 0.6) is 11.5 Å². The summed E-state index contributed by atoms with van der Waals surface area (Å²) in [6.45, 7) is -0.156. The fraction of sp³-hybridized carbons (Fsp3) is 0.444. The van der Waals surface area contributed by atoms with Crippen molar-refractivity contribution in [2.75, 3.05) is 20.8 Å². The Kier molecular flexibility index (Phi) is 3.84. The lowest BCUT2D eigenvalue weighted by atomic mass is 10.1. The Morgan fingerprint density at radius 3 is 2.27 bits per heavy atom. The Hall–Kier alpha value is -1.85. The molecule has 6 heteroatoms. The maximum atomic E-state index is 10.3. The third-order valence-electron chi connectivity index (χ3n) is 1.96. The van der Waals surface area contributed by atoms with Crippen molar-refractivity contribution in [3.8, 4) is 11.5 Å². The number of nitrogens with zero attached hydrogens (tertiary/aromatic N) is 2. The molecular formula is C9H12N2O4. The van der Waals surface area contributed by atoms with Gasteiger partial charge in [-0.15, -0.1) is 0 Å². The first-order valence-electron chi connectivity index (χ1n) is 4.35. The maximum absolute atomic E-state index is 10.3. The van der Waals surface area contributed by atoms with Crippen molar-refractivity contribution < 1.29 is 14.4 Å². The molecule has 0 amide bonds. The van der Waals surface area contributed by atoms with Gasteiger partial charge in [0.15, 0.2) is 0 Å². The van der Waals surface area contributed by atoms with Crippen LogP contribution in [-0.4, -0.2) is 30.7 Å². The molecule has 0 aromatic carbocycles. The van der Waals surface area contributed by atoms with Crippen molar-refractivity contribution in [3.63, 3.8) is 0 Å². The number of rotatable bonds is 5. The van der Waals surface area contributed by atoms with Gasteiger partial charge in [0.05, 0.1) is 26.6 Å². The minimum atomic E-state index is -0.376. The van der Waals surface area contributed by atoms with Gasteiger partial charge in [-0.25, -0.2) is 0 Å². The predicted octanol–water partition coefficient (Wildman–Crippen LogP) is 0.918. The molecule has 0 unspecified atom stereocenters. The number of methoxy groups -OCH3 is 2. The average molecular weight is 212 g/mol. The molecule has 0 spiro atoms. The lowest BCUT2D eigenvalue weighted by Crippen LogP contribution is -2.07. The van der Waals surface area contributed by atoms with E-state index in [0.717, 1.165) is 0 Å². The lowest BCUT2D eigenvalue weighted by Gasteiger charge is -2.10. The zero-order valence-electron chi connectivity index (χ0n) is 8.60. The van der Waals surface area contributed by atoms with Gasteiger partial charge in [-0.1, -0.05) is 0 Å². The van der Waals surface area contributed by atoms with E-state index >= 15 is 0 Å². The van der Waals surface area contributed by atoms with Gasteiger partial charge < -0.3 is 9.47 Å². The number of hydrogen-bond acceptors (Lipinski definition) is 5. The lowest BCUT2D eigenvalue weighted by molar-refractivity contribution is -0.479. The summed E-state index contributed by atoms with van der Waals surface area (Å²) in [5.74, 6) is 1.02. The first-order valence-corrected chi connectivity index (χ1v) is 4.35.